The van der Waals surface area contributed by atoms with Crippen LogP contribution in [0.3, 0.4) is 0 Å². The molecule has 4 rings (SSSR count). The molecule has 0 aromatic heterocycles. The summed E-state index contributed by atoms with van der Waals surface area (Å²) in [4.78, 5) is 0. The number of benzene rings is 4. The Labute approximate surface area is 155 Å². The monoisotopic (exact) mass is 368 g/mol. The van der Waals surface area contributed by atoms with Gasteiger partial charge in [0.1, 0.15) is 0 Å². The smallest absolute Gasteiger partial charge is 1.00 e. The number of rotatable bonds is 0. The summed E-state index contributed by atoms with van der Waals surface area (Å²) in [5, 5.41) is 7.96. The van der Waals surface area contributed by atoms with Crippen LogP contribution in [0.5, 0.6) is 0 Å². The summed E-state index contributed by atoms with van der Waals surface area (Å²) >= 11 is 0. The summed E-state index contributed by atoms with van der Waals surface area (Å²) in [5.41, 5.74) is 0. The molecule has 4 aromatic rings. The van der Waals surface area contributed by atoms with Crippen LogP contribution in [-0.4, -0.2) is 48.9 Å². The molecule has 19 heavy (non-hydrogen) atoms. The molecule has 0 unspecified atom stereocenters. The molecule has 0 spiro atoms. The second kappa shape index (κ2) is 5.31. The van der Waals surface area contributed by atoms with Crippen molar-refractivity contribution in [1.82, 2.24) is 0 Å². The first-order valence-electron chi connectivity index (χ1n) is 6.23. The van der Waals surface area contributed by atoms with E-state index < -0.39 is 0 Å². The topological polar surface area (TPSA) is 0 Å². The van der Waals surface area contributed by atoms with Crippen molar-refractivity contribution in [2.45, 2.75) is 0 Å². The molecule has 0 N–H and O–H groups in total. The zero-order valence-corrected chi connectivity index (χ0v) is 15.1. The fourth-order valence-electron chi connectivity index (χ4n) is 2.77. The van der Waals surface area contributed by atoms with Crippen molar-refractivity contribution in [3.05, 3.63) is 72.8 Å². The molecule has 88 valence electrons. The normalized spacial score (nSPS) is 10.7. The summed E-state index contributed by atoms with van der Waals surface area (Å²) in [6, 6.07) is 26.0. The van der Waals surface area contributed by atoms with Gasteiger partial charge in [0.2, 0.25) is 0 Å². The molecule has 0 radical (unpaired) electrons. The van der Waals surface area contributed by atoms with Crippen LogP contribution >= 0.6 is 0 Å². The second-order valence-electron chi connectivity index (χ2n) is 4.67. The summed E-state index contributed by atoms with van der Waals surface area (Å²) in [6.45, 7) is 0. The van der Waals surface area contributed by atoms with Gasteiger partial charge in [0, 0.05) is 0 Å². The molecule has 0 aliphatic carbocycles. The molecule has 0 aliphatic heterocycles. The standard InChI is InChI=1S/C18H12.Ba.2H/c1-3-7-15-13(5-1)9-11-18-16-8-4-2-6-14(16)10-12-17(15)18;;;/h1-12H;;;/q;+2;2*-1. The Morgan fingerprint density at radius 1 is 0.421 bits per heavy atom. The Morgan fingerprint density at radius 3 is 1.32 bits per heavy atom. The molecule has 0 atom stereocenters. The molecule has 0 fully saturated rings. The zero-order valence-electron chi connectivity index (χ0n) is 12.6. The van der Waals surface area contributed by atoms with Crippen LogP contribution in [-0.2, 0) is 0 Å². The molecule has 0 saturated carbocycles. The van der Waals surface area contributed by atoms with E-state index in [1.165, 1.54) is 32.3 Å². The minimum absolute atomic E-state index is 0. The van der Waals surface area contributed by atoms with Gasteiger partial charge in [-0.1, -0.05) is 72.8 Å². The van der Waals surface area contributed by atoms with Gasteiger partial charge in [-0.3, -0.25) is 0 Å². The van der Waals surface area contributed by atoms with Crippen LogP contribution < -0.4 is 0 Å². The van der Waals surface area contributed by atoms with Crippen molar-refractivity contribution < 1.29 is 2.85 Å². The van der Waals surface area contributed by atoms with Crippen molar-refractivity contribution in [2.75, 3.05) is 0 Å². The third-order valence-corrected chi connectivity index (χ3v) is 3.65. The van der Waals surface area contributed by atoms with Gasteiger partial charge in [-0.2, -0.15) is 0 Å². The molecular weight excluding hydrogens is 354 g/mol. The van der Waals surface area contributed by atoms with Crippen molar-refractivity contribution in [3.63, 3.8) is 0 Å². The van der Waals surface area contributed by atoms with Gasteiger partial charge in [0.05, 0.1) is 0 Å². The Bertz CT molecular complexity index is 812. The van der Waals surface area contributed by atoms with Gasteiger partial charge in [-0.05, 0) is 32.3 Å². The van der Waals surface area contributed by atoms with E-state index in [1.54, 1.807) is 0 Å². The number of hydrogen-bond acceptors (Lipinski definition) is 0. The maximum atomic E-state index is 2.24. The largest absolute Gasteiger partial charge is 2.00 e. The maximum Gasteiger partial charge on any atom is 2.00 e. The van der Waals surface area contributed by atoms with Crippen LogP contribution in [0.1, 0.15) is 2.85 Å². The van der Waals surface area contributed by atoms with Gasteiger partial charge in [0.15, 0.2) is 0 Å². The summed E-state index contributed by atoms with van der Waals surface area (Å²) in [5.74, 6) is 0. The van der Waals surface area contributed by atoms with E-state index in [2.05, 4.69) is 72.8 Å². The average Bonchev–Trinajstić information content (AvgIpc) is 2.46. The predicted molar refractivity (Wildman–Crippen MR) is 86.9 cm³/mol. The molecule has 0 saturated heterocycles. The Hall–Kier alpha value is -0.769. The Kier molecular flexibility index (Phi) is 3.70. The van der Waals surface area contributed by atoms with Crippen LogP contribution in [0.15, 0.2) is 72.8 Å². The van der Waals surface area contributed by atoms with E-state index in [-0.39, 0.29) is 51.7 Å². The molecular formula is C18H14Ba. The van der Waals surface area contributed by atoms with Gasteiger partial charge in [-0.15, -0.1) is 0 Å². The second-order valence-corrected chi connectivity index (χ2v) is 4.67. The third kappa shape index (κ3) is 2.14. The summed E-state index contributed by atoms with van der Waals surface area (Å²) in [6.07, 6.45) is 0. The van der Waals surface area contributed by atoms with E-state index in [1.807, 2.05) is 0 Å². The zero-order chi connectivity index (χ0) is 11.9. The first-order chi connectivity index (χ1) is 8.93. The summed E-state index contributed by atoms with van der Waals surface area (Å²) < 4.78 is 0. The van der Waals surface area contributed by atoms with E-state index in [9.17, 15) is 0 Å². The van der Waals surface area contributed by atoms with Gasteiger partial charge in [-0.25, -0.2) is 0 Å². The molecule has 4 aromatic carbocycles. The van der Waals surface area contributed by atoms with E-state index in [0.29, 0.717) is 0 Å². The molecule has 1 heteroatoms. The Balaban J connectivity index is 0.000000735. The Morgan fingerprint density at radius 2 is 0.842 bits per heavy atom. The molecule has 0 amide bonds. The fourth-order valence-corrected chi connectivity index (χ4v) is 2.77. The number of fused-ring (bicyclic) bond motifs is 5. The average molecular weight is 368 g/mol. The van der Waals surface area contributed by atoms with E-state index in [4.69, 9.17) is 0 Å². The van der Waals surface area contributed by atoms with Gasteiger partial charge in [0.25, 0.3) is 0 Å². The van der Waals surface area contributed by atoms with Gasteiger partial charge >= 0.3 is 48.9 Å². The first-order valence-corrected chi connectivity index (χ1v) is 6.23. The predicted octanol–water partition coefficient (Wildman–Crippen LogP) is 4.99. The SMILES string of the molecule is [Ba+2].[H-].[H-].c1ccc2c(c1)ccc1c3ccccc3ccc21. The number of hydrogen-bond donors (Lipinski definition) is 0. The van der Waals surface area contributed by atoms with Crippen molar-refractivity contribution >= 4 is 81.2 Å². The quantitative estimate of drug-likeness (QED) is 0.303. The minimum Gasteiger partial charge on any atom is -1.00 e. The van der Waals surface area contributed by atoms with Crippen LogP contribution in [0, 0.1) is 0 Å². The van der Waals surface area contributed by atoms with Gasteiger partial charge < -0.3 is 2.85 Å². The molecule has 0 aliphatic rings. The van der Waals surface area contributed by atoms with Crippen LogP contribution in [0.2, 0.25) is 0 Å². The maximum absolute atomic E-state index is 2.24. The molecule has 0 nitrogen and oxygen atoms in total. The van der Waals surface area contributed by atoms with E-state index >= 15 is 0 Å². The van der Waals surface area contributed by atoms with Crippen LogP contribution in [0.25, 0.3) is 32.3 Å². The van der Waals surface area contributed by atoms with E-state index in [0.717, 1.165) is 0 Å². The first kappa shape index (κ1) is 13.2. The molecule has 0 bridgehead atoms. The van der Waals surface area contributed by atoms with Crippen molar-refractivity contribution in [1.29, 1.82) is 0 Å². The fraction of sp³-hybridized carbons (Fsp3) is 0. The minimum atomic E-state index is 0. The van der Waals surface area contributed by atoms with Crippen molar-refractivity contribution in [2.24, 2.45) is 0 Å². The molecule has 0 heterocycles. The van der Waals surface area contributed by atoms with Crippen molar-refractivity contribution in [3.8, 4) is 0 Å². The van der Waals surface area contributed by atoms with Crippen LogP contribution in [0.4, 0.5) is 0 Å². The third-order valence-electron chi connectivity index (χ3n) is 3.65. The summed E-state index contributed by atoms with van der Waals surface area (Å²) in [7, 11) is 0.